The number of piperazine rings is 1. The molecule has 1 aliphatic carbocycles. The average molecular weight is 418 g/mol. The number of rotatable bonds is 7. The molecule has 1 aliphatic heterocycles. The molecule has 154 valence electrons. The first-order valence-electron chi connectivity index (χ1n) is 9.83. The van der Waals surface area contributed by atoms with Crippen molar-refractivity contribution in [3.63, 3.8) is 0 Å². The zero-order valence-corrected chi connectivity index (χ0v) is 16.9. The monoisotopic (exact) mass is 417 g/mol. The van der Waals surface area contributed by atoms with Gasteiger partial charge in [-0.05, 0) is 31.0 Å². The van der Waals surface area contributed by atoms with Crippen LogP contribution in [0.15, 0.2) is 45.8 Å². The summed E-state index contributed by atoms with van der Waals surface area (Å²) in [6.45, 7) is 3.85. The molecule has 2 heterocycles. The summed E-state index contributed by atoms with van der Waals surface area (Å²) < 4.78 is 10.9. The molecule has 1 aromatic carbocycles. The average Bonchev–Trinajstić information content (AvgIpc) is 3.52. The van der Waals surface area contributed by atoms with Gasteiger partial charge >= 0.3 is 0 Å². The Hall–Kier alpha value is -2.51. The third kappa shape index (κ3) is 5.52. The highest BCUT2D eigenvalue weighted by atomic mass is 35.5. The fourth-order valence-electron chi connectivity index (χ4n) is 3.32. The zero-order chi connectivity index (χ0) is 20.2. The molecule has 29 heavy (non-hydrogen) atoms. The van der Waals surface area contributed by atoms with Gasteiger partial charge in [0.1, 0.15) is 12.0 Å². The quantitative estimate of drug-likeness (QED) is 0.745. The van der Waals surface area contributed by atoms with Crippen molar-refractivity contribution in [3.05, 3.63) is 57.6 Å². The maximum absolute atomic E-state index is 12.2. The Morgan fingerprint density at radius 1 is 1.21 bits per heavy atom. The van der Waals surface area contributed by atoms with Crippen LogP contribution in [0.4, 0.5) is 5.69 Å². The minimum absolute atomic E-state index is 0.0606. The molecule has 1 saturated carbocycles. The molecule has 1 amide bonds. The zero-order valence-electron chi connectivity index (χ0n) is 16.1. The fraction of sp³-hybridized carbons (Fsp3) is 0.429. The summed E-state index contributed by atoms with van der Waals surface area (Å²) in [7, 11) is 0. The number of halogens is 1. The summed E-state index contributed by atoms with van der Waals surface area (Å²) in [6, 6.07) is 9.57. The third-order valence-corrected chi connectivity index (χ3v) is 5.31. The van der Waals surface area contributed by atoms with Crippen LogP contribution in [0.5, 0.6) is 5.75 Å². The molecular weight excluding hydrogens is 394 g/mol. The minimum Gasteiger partial charge on any atom is -0.477 e. The highest BCUT2D eigenvalue weighted by Crippen LogP contribution is 2.21. The van der Waals surface area contributed by atoms with Crippen molar-refractivity contribution in [3.8, 4) is 5.75 Å². The molecule has 4 rings (SSSR count). The van der Waals surface area contributed by atoms with E-state index >= 15 is 0 Å². The molecule has 0 radical (unpaired) electrons. The van der Waals surface area contributed by atoms with Crippen molar-refractivity contribution in [2.75, 3.05) is 37.7 Å². The van der Waals surface area contributed by atoms with Gasteiger partial charge in [0.15, 0.2) is 6.61 Å². The maximum atomic E-state index is 12.2. The molecule has 1 saturated heterocycles. The van der Waals surface area contributed by atoms with Gasteiger partial charge in [-0.3, -0.25) is 14.5 Å². The molecule has 0 spiro atoms. The lowest BCUT2D eigenvalue weighted by Gasteiger charge is -2.35. The summed E-state index contributed by atoms with van der Waals surface area (Å²) >= 11 is 6.08. The van der Waals surface area contributed by atoms with Crippen LogP contribution in [0, 0.1) is 0 Å². The second-order valence-corrected chi connectivity index (χ2v) is 7.88. The van der Waals surface area contributed by atoms with E-state index in [4.69, 9.17) is 20.8 Å². The molecule has 2 aliphatic rings. The number of hydrogen-bond acceptors (Lipinski definition) is 6. The molecule has 0 atom stereocenters. The largest absolute Gasteiger partial charge is 0.477 e. The van der Waals surface area contributed by atoms with Gasteiger partial charge in [0.2, 0.25) is 11.2 Å². The standard InChI is InChI=1S/C21H24ClN3O4/c22-15-2-1-3-17(10-15)25-8-6-24(7-9-25)12-18-11-19(26)20(13-28-18)29-14-21(27)23-16-4-5-16/h1-3,10-11,13,16H,4-9,12,14H2,(H,23,27). The van der Waals surface area contributed by atoms with E-state index in [0.29, 0.717) is 12.3 Å². The molecule has 0 unspecified atom stereocenters. The first-order chi connectivity index (χ1) is 14.1. The number of benzene rings is 1. The Bertz CT molecular complexity index is 920. The highest BCUT2D eigenvalue weighted by Gasteiger charge is 2.23. The van der Waals surface area contributed by atoms with Gasteiger partial charge < -0.3 is 19.4 Å². The Kier molecular flexibility index (Phi) is 6.06. The maximum Gasteiger partial charge on any atom is 0.258 e. The number of nitrogens with one attached hydrogen (secondary N) is 1. The first-order valence-corrected chi connectivity index (χ1v) is 10.2. The number of carbonyl (C=O) groups excluding carboxylic acids is 1. The van der Waals surface area contributed by atoms with Gasteiger partial charge in [-0.25, -0.2) is 0 Å². The lowest BCUT2D eigenvalue weighted by molar-refractivity contribution is -0.123. The van der Waals surface area contributed by atoms with Gasteiger partial charge in [-0.15, -0.1) is 0 Å². The van der Waals surface area contributed by atoms with E-state index in [0.717, 1.165) is 49.7 Å². The third-order valence-electron chi connectivity index (χ3n) is 5.08. The van der Waals surface area contributed by atoms with Crippen LogP contribution in [-0.2, 0) is 11.3 Å². The van der Waals surface area contributed by atoms with Crippen molar-refractivity contribution in [2.24, 2.45) is 0 Å². The van der Waals surface area contributed by atoms with Gasteiger partial charge in [-0.2, -0.15) is 0 Å². The van der Waals surface area contributed by atoms with E-state index in [9.17, 15) is 9.59 Å². The fourth-order valence-corrected chi connectivity index (χ4v) is 3.51. The number of carbonyl (C=O) groups is 1. The van der Waals surface area contributed by atoms with Crippen LogP contribution in [0.25, 0.3) is 0 Å². The van der Waals surface area contributed by atoms with Crippen LogP contribution >= 0.6 is 11.6 Å². The molecule has 2 fully saturated rings. The normalized spacial score (nSPS) is 17.2. The molecule has 1 N–H and O–H groups in total. The smallest absolute Gasteiger partial charge is 0.258 e. The Morgan fingerprint density at radius 3 is 2.69 bits per heavy atom. The second-order valence-electron chi connectivity index (χ2n) is 7.45. The topological polar surface area (TPSA) is 75.0 Å². The van der Waals surface area contributed by atoms with Crippen LogP contribution < -0.4 is 20.4 Å². The van der Waals surface area contributed by atoms with Crippen LogP contribution in [0.1, 0.15) is 18.6 Å². The molecular formula is C21H24ClN3O4. The molecule has 0 bridgehead atoms. The van der Waals surface area contributed by atoms with E-state index in [1.807, 2.05) is 18.2 Å². The van der Waals surface area contributed by atoms with Crippen molar-refractivity contribution < 1.29 is 13.9 Å². The van der Waals surface area contributed by atoms with Crippen LogP contribution in [-0.4, -0.2) is 49.6 Å². The predicted molar refractivity (Wildman–Crippen MR) is 111 cm³/mol. The van der Waals surface area contributed by atoms with Gasteiger partial charge in [0, 0.05) is 49.0 Å². The van der Waals surface area contributed by atoms with E-state index < -0.39 is 0 Å². The van der Waals surface area contributed by atoms with Crippen molar-refractivity contribution in [1.29, 1.82) is 0 Å². The van der Waals surface area contributed by atoms with Gasteiger partial charge in [0.05, 0.1) is 6.54 Å². The summed E-state index contributed by atoms with van der Waals surface area (Å²) in [6.07, 6.45) is 3.32. The van der Waals surface area contributed by atoms with E-state index in [-0.39, 0.29) is 29.7 Å². The van der Waals surface area contributed by atoms with E-state index in [1.54, 1.807) is 0 Å². The summed E-state index contributed by atoms with van der Waals surface area (Å²) in [5.41, 5.74) is 0.846. The summed E-state index contributed by atoms with van der Waals surface area (Å²) in [4.78, 5) is 28.4. The second kappa shape index (κ2) is 8.88. The molecule has 2 aromatic rings. The van der Waals surface area contributed by atoms with Crippen LogP contribution in [0.3, 0.4) is 0 Å². The summed E-state index contributed by atoms with van der Waals surface area (Å²) in [5.74, 6) is 0.431. The lowest BCUT2D eigenvalue weighted by atomic mass is 10.2. The Balaban J connectivity index is 1.27. The highest BCUT2D eigenvalue weighted by molar-refractivity contribution is 6.30. The lowest BCUT2D eigenvalue weighted by Crippen LogP contribution is -2.46. The summed E-state index contributed by atoms with van der Waals surface area (Å²) in [5, 5.41) is 3.55. The van der Waals surface area contributed by atoms with Crippen molar-refractivity contribution >= 4 is 23.2 Å². The van der Waals surface area contributed by atoms with E-state index in [2.05, 4.69) is 21.2 Å². The number of ether oxygens (including phenoxy) is 1. The van der Waals surface area contributed by atoms with E-state index in [1.165, 1.54) is 12.3 Å². The Morgan fingerprint density at radius 2 is 2.00 bits per heavy atom. The SMILES string of the molecule is O=C(COc1coc(CN2CCN(c3cccc(Cl)c3)CC2)cc1=O)NC1CC1. The molecule has 8 heteroatoms. The Labute approximate surface area is 174 Å². The molecule has 1 aromatic heterocycles. The number of nitrogens with zero attached hydrogens (tertiary/aromatic N) is 2. The number of anilines is 1. The van der Waals surface area contributed by atoms with Gasteiger partial charge in [-0.1, -0.05) is 17.7 Å². The predicted octanol–water partition coefficient (Wildman–Crippen LogP) is 2.27. The van der Waals surface area contributed by atoms with Gasteiger partial charge in [0.25, 0.3) is 5.91 Å². The number of amides is 1. The van der Waals surface area contributed by atoms with Crippen molar-refractivity contribution in [1.82, 2.24) is 10.2 Å². The number of hydrogen-bond donors (Lipinski definition) is 1. The van der Waals surface area contributed by atoms with Crippen LogP contribution in [0.2, 0.25) is 5.02 Å². The van der Waals surface area contributed by atoms with Crippen molar-refractivity contribution in [2.45, 2.75) is 25.4 Å². The minimum atomic E-state index is -0.275. The molecule has 7 nitrogen and oxygen atoms in total. The first kappa shape index (κ1) is 19.8.